The zero-order valence-electron chi connectivity index (χ0n) is 15.0. The Bertz CT molecular complexity index is 610. The third kappa shape index (κ3) is 5.19. The van der Waals surface area contributed by atoms with Crippen LogP contribution in [0.25, 0.3) is 0 Å². The molecule has 2 rings (SSSR count). The Morgan fingerprint density at radius 2 is 1.92 bits per heavy atom. The Hall–Kier alpha value is -2.08. The van der Waals surface area contributed by atoms with Crippen molar-refractivity contribution in [2.75, 3.05) is 0 Å². The number of benzene rings is 1. The zero-order valence-corrected chi connectivity index (χ0v) is 15.0. The van der Waals surface area contributed by atoms with Crippen LogP contribution in [0.5, 0.6) is 0 Å². The summed E-state index contributed by atoms with van der Waals surface area (Å²) >= 11 is 0. The SMILES string of the molecule is CC(C)(C)OC(=O)N[C@H]1CC[C@](Cc2ccccc2)(C(=O)O)C[C@@H]1O. The molecule has 1 aromatic carbocycles. The van der Waals surface area contributed by atoms with E-state index in [1.165, 1.54) is 0 Å². The fraction of sp³-hybridized carbons (Fsp3) is 0.579. The minimum absolute atomic E-state index is 0.0949. The molecule has 3 N–H and O–H groups in total. The molecule has 0 saturated heterocycles. The Morgan fingerprint density at radius 3 is 2.44 bits per heavy atom. The van der Waals surface area contributed by atoms with E-state index in [9.17, 15) is 19.8 Å². The third-order valence-electron chi connectivity index (χ3n) is 4.54. The Morgan fingerprint density at radius 1 is 1.28 bits per heavy atom. The normalized spacial score (nSPS) is 26.7. The highest BCUT2D eigenvalue weighted by Gasteiger charge is 2.46. The molecule has 1 fully saturated rings. The average molecular weight is 349 g/mol. The lowest BCUT2D eigenvalue weighted by atomic mass is 9.68. The smallest absolute Gasteiger partial charge is 0.407 e. The van der Waals surface area contributed by atoms with Gasteiger partial charge in [0.15, 0.2) is 0 Å². The van der Waals surface area contributed by atoms with E-state index in [2.05, 4.69) is 5.32 Å². The van der Waals surface area contributed by atoms with Gasteiger partial charge in [0.25, 0.3) is 0 Å². The van der Waals surface area contributed by atoms with Crippen LogP contribution in [0, 0.1) is 5.41 Å². The predicted molar refractivity (Wildman–Crippen MR) is 93.2 cm³/mol. The van der Waals surface area contributed by atoms with Crippen molar-refractivity contribution in [2.24, 2.45) is 5.41 Å². The molecule has 6 nitrogen and oxygen atoms in total. The molecule has 0 heterocycles. The molecule has 1 aliphatic carbocycles. The molecule has 3 atom stereocenters. The number of amides is 1. The number of carbonyl (C=O) groups is 2. The topological polar surface area (TPSA) is 95.9 Å². The molecule has 0 unspecified atom stereocenters. The van der Waals surface area contributed by atoms with Gasteiger partial charge in [-0.1, -0.05) is 30.3 Å². The van der Waals surface area contributed by atoms with E-state index in [-0.39, 0.29) is 6.42 Å². The number of carbonyl (C=O) groups excluding carboxylic acids is 1. The number of carboxylic acid groups (broad SMARTS) is 1. The second kappa shape index (κ2) is 7.44. The molecule has 1 saturated carbocycles. The van der Waals surface area contributed by atoms with Crippen LogP contribution in [0.15, 0.2) is 30.3 Å². The van der Waals surface area contributed by atoms with Crippen LogP contribution in [0.2, 0.25) is 0 Å². The molecule has 0 radical (unpaired) electrons. The molecule has 0 bridgehead atoms. The van der Waals surface area contributed by atoms with Gasteiger partial charge in [0.05, 0.1) is 17.6 Å². The minimum Gasteiger partial charge on any atom is -0.481 e. The van der Waals surface area contributed by atoms with Crippen molar-refractivity contribution in [3.8, 4) is 0 Å². The third-order valence-corrected chi connectivity index (χ3v) is 4.54. The number of hydrogen-bond donors (Lipinski definition) is 3. The Balaban J connectivity index is 2.04. The van der Waals surface area contributed by atoms with Crippen LogP contribution < -0.4 is 5.32 Å². The first kappa shape index (κ1) is 19.2. The molecule has 25 heavy (non-hydrogen) atoms. The van der Waals surface area contributed by atoms with E-state index < -0.39 is 35.2 Å². The summed E-state index contributed by atoms with van der Waals surface area (Å²) in [5.41, 5.74) is -0.718. The van der Waals surface area contributed by atoms with Crippen molar-refractivity contribution in [2.45, 2.75) is 64.2 Å². The highest BCUT2D eigenvalue weighted by Crippen LogP contribution is 2.40. The molecule has 1 aromatic rings. The van der Waals surface area contributed by atoms with Crippen molar-refractivity contribution in [1.82, 2.24) is 5.32 Å². The summed E-state index contributed by atoms with van der Waals surface area (Å²) in [5, 5.41) is 22.9. The van der Waals surface area contributed by atoms with Crippen LogP contribution >= 0.6 is 0 Å². The monoisotopic (exact) mass is 349 g/mol. The predicted octanol–water partition coefficient (Wildman–Crippen LogP) is 2.74. The van der Waals surface area contributed by atoms with E-state index in [1.54, 1.807) is 20.8 Å². The quantitative estimate of drug-likeness (QED) is 0.777. The van der Waals surface area contributed by atoms with Gasteiger partial charge in [-0.2, -0.15) is 0 Å². The summed E-state index contributed by atoms with van der Waals surface area (Å²) in [6.07, 6.45) is -0.297. The largest absolute Gasteiger partial charge is 0.481 e. The van der Waals surface area contributed by atoms with Crippen molar-refractivity contribution in [3.05, 3.63) is 35.9 Å². The fourth-order valence-corrected chi connectivity index (χ4v) is 3.31. The van der Waals surface area contributed by atoms with Crippen LogP contribution in [0.3, 0.4) is 0 Å². The summed E-state index contributed by atoms with van der Waals surface area (Å²) in [6, 6.07) is 8.91. The summed E-state index contributed by atoms with van der Waals surface area (Å²) in [7, 11) is 0. The first-order valence-corrected chi connectivity index (χ1v) is 8.56. The minimum atomic E-state index is -1.02. The first-order valence-electron chi connectivity index (χ1n) is 8.56. The number of aliphatic hydroxyl groups is 1. The van der Waals surface area contributed by atoms with Gasteiger partial charge in [0, 0.05) is 0 Å². The molecule has 6 heteroatoms. The van der Waals surface area contributed by atoms with Crippen LogP contribution in [0.4, 0.5) is 4.79 Å². The van der Waals surface area contributed by atoms with Gasteiger partial charge in [-0.15, -0.1) is 0 Å². The lowest BCUT2D eigenvalue weighted by molar-refractivity contribution is -0.154. The summed E-state index contributed by atoms with van der Waals surface area (Å²) in [4.78, 5) is 23.8. The maximum atomic E-state index is 11.9. The maximum Gasteiger partial charge on any atom is 0.407 e. The fourth-order valence-electron chi connectivity index (χ4n) is 3.31. The van der Waals surface area contributed by atoms with Crippen molar-refractivity contribution >= 4 is 12.1 Å². The number of alkyl carbamates (subject to hydrolysis) is 1. The number of hydrogen-bond acceptors (Lipinski definition) is 4. The molecular weight excluding hydrogens is 322 g/mol. The number of ether oxygens (including phenoxy) is 1. The molecular formula is C19H27NO5. The van der Waals surface area contributed by atoms with Gasteiger partial charge >= 0.3 is 12.1 Å². The van der Waals surface area contributed by atoms with Gasteiger partial charge in [0.1, 0.15) is 5.60 Å². The van der Waals surface area contributed by atoms with Gasteiger partial charge in [-0.25, -0.2) is 4.79 Å². The number of carboxylic acids is 1. The van der Waals surface area contributed by atoms with E-state index in [0.29, 0.717) is 19.3 Å². The standard InChI is InChI=1S/C19H27NO5/c1-18(2,3)25-17(24)20-14-9-10-19(16(22)23,12-15(14)21)11-13-7-5-4-6-8-13/h4-8,14-15,21H,9-12H2,1-3H3,(H,20,24)(H,22,23)/t14-,15-,19+/m0/s1. The summed E-state index contributed by atoms with van der Waals surface area (Å²) in [6.45, 7) is 5.29. The first-order chi connectivity index (χ1) is 11.6. The highest BCUT2D eigenvalue weighted by atomic mass is 16.6. The van der Waals surface area contributed by atoms with Crippen molar-refractivity contribution in [3.63, 3.8) is 0 Å². The van der Waals surface area contributed by atoms with Crippen LogP contribution in [-0.4, -0.2) is 40.0 Å². The van der Waals surface area contributed by atoms with E-state index >= 15 is 0 Å². The number of aliphatic carboxylic acids is 1. The molecule has 1 amide bonds. The van der Waals surface area contributed by atoms with Gasteiger partial charge in [0.2, 0.25) is 0 Å². The molecule has 0 aromatic heterocycles. The lowest BCUT2D eigenvalue weighted by Gasteiger charge is -2.40. The van der Waals surface area contributed by atoms with Gasteiger partial charge in [-0.3, -0.25) is 4.79 Å². The van der Waals surface area contributed by atoms with E-state index in [0.717, 1.165) is 5.56 Å². The van der Waals surface area contributed by atoms with Gasteiger partial charge < -0.3 is 20.3 Å². The van der Waals surface area contributed by atoms with Crippen LogP contribution in [-0.2, 0) is 16.0 Å². The molecule has 0 spiro atoms. The number of rotatable bonds is 4. The molecule has 1 aliphatic rings. The number of nitrogens with one attached hydrogen (secondary N) is 1. The average Bonchev–Trinajstić information content (AvgIpc) is 2.49. The second-order valence-corrected chi connectivity index (χ2v) is 7.81. The second-order valence-electron chi connectivity index (χ2n) is 7.81. The van der Waals surface area contributed by atoms with Gasteiger partial charge in [-0.05, 0) is 52.0 Å². The number of aliphatic hydroxyl groups excluding tert-OH is 1. The van der Waals surface area contributed by atoms with E-state index in [1.807, 2.05) is 30.3 Å². The highest BCUT2D eigenvalue weighted by molar-refractivity contribution is 5.75. The van der Waals surface area contributed by atoms with Crippen molar-refractivity contribution < 1.29 is 24.5 Å². The Kier molecular flexibility index (Phi) is 5.72. The lowest BCUT2D eigenvalue weighted by Crippen LogP contribution is -2.53. The van der Waals surface area contributed by atoms with Crippen molar-refractivity contribution in [1.29, 1.82) is 0 Å². The van der Waals surface area contributed by atoms with Crippen LogP contribution in [0.1, 0.15) is 45.6 Å². The Labute approximate surface area is 148 Å². The summed E-state index contributed by atoms with van der Waals surface area (Å²) < 4.78 is 5.21. The maximum absolute atomic E-state index is 11.9. The zero-order chi connectivity index (χ0) is 18.7. The molecule has 0 aliphatic heterocycles. The summed E-state index contributed by atoms with van der Waals surface area (Å²) in [5.74, 6) is -0.911. The molecule has 138 valence electrons. The van der Waals surface area contributed by atoms with E-state index in [4.69, 9.17) is 4.74 Å².